The fraction of sp³-hybridized carbons (Fsp3) is 0.400. The highest BCUT2D eigenvalue weighted by atomic mass is 16.3. The zero-order valence-electron chi connectivity index (χ0n) is 16.9. The molecule has 2 atom stereocenters. The van der Waals surface area contributed by atoms with Crippen molar-refractivity contribution in [1.82, 2.24) is 14.8 Å². The van der Waals surface area contributed by atoms with Crippen LogP contribution in [-0.2, 0) is 12.1 Å². The average Bonchev–Trinajstić information content (AvgIpc) is 3.30. The van der Waals surface area contributed by atoms with Gasteiger partial charge in [-0.3, -0.25) is 14.8 Å². The molecule has 0 unspecified atom stereocenters. The summed E-state index contributed by atoms with van der Waals surface area (Å²) < 4.78 is 0. The number of likely N-dealkylation sites (tertiary alicyclic amines) is 2. The number of piperidine rings is 1. The first-order valence-corrected chi connectivity index (χ1v) is 10.8. The molecule has 3 aromatic rings. The van der Waals surface area contributed by atoms with Crippen LogP contribution in [0, 0.1) is 0 Å². The van der Waals surface area contributed by atoms with E-state index in [9.17, 15) is 5.11 Å². The molecule has 150 valence electrons. The number of nitrogens with zero attached hydrogens (tertiary/aromatic N) is 3. The molecule has 0 radical (unpaired) electrons. The van der Waals surface area contributed by atoms with Crippen molar-refractivity contribution in [2.45, 2.75) is 37.5 Å². The number of rotatable bonds is 4. The van der Waals surface area contributed by atoms with Gasteiger partial charge in [0.2, 0.25) is 0 Å². The summed E-state index contributed by atoms with van der Waals surface area (Å²) in [6, 6.07) is 23.0. The van der Waals surface area contributed by atoms with E-state index in [0.29, 0.717) is 0 Å². The lowest BCUT2D eigenvalue weighted by molar-refractivity contribution is -0.0960. The molecule has 2 saturated heterocycles. The molecule has 0 saturated carbocycles. The SMILES string of the molecule is O[C@]1(c2ccccc2)CCN(Cc2ccc3ccccc3n2)C[C@H]1N1CCCC1. The van der Waals surface area contributed by atoms with Crippen LogP contribution < -0.4 is 0 Å². The quantitative estimate of drug-likeness (QED) is 0.739. The van der Waals surface area contributed by atoms with E-state index in [1.807, 2.05) is 24.3 Å². The fourth-order valence-corrected chi connectivity index (χ4v) is 5.09. The second-order valence-corrected chi connectivity index (χ2v) is 8.53. The largest absolute Gasteiger partial charge is 0.383 e. The van der Waals surface area contributed by atoms with Crippen molar-refractivity contribution < 1.29 is 5.11 Å². The number of fused-ring (bicyclic) bond motifs is 1. The van der Waals surface area contributed by atoms with E-state index in [1.165, 1.54) is 18.2 Å². The summed E-state index contributed by atoms with van der Waals surface area (Å²) in [5.41, 5.74) is 2.44. The maximum Gasteiger partial charge on any atom is 0.108 e. The molecule has 0 bridgehead atoms. The molecule has 0 aliphatic carbocycles. The molecule has 29 heavy (non-hydrogen) atoms. The smallest absolute Gasteiger partial charge is 0.108 e. The minimum Gasteiger partial charge on any atom is -0.383 e. The molecule has 2 fully saturated rings. The molecular weight excluding hydrogens is 358 g/mol. The van der Waals surface area contributed by atoms with E-state index in [4.69, 9.17) is 4.98 Å². The van der Waals surface area contributed by atoms with Gasteiger partial charge in [0.25, 0.3) is 0 Å². The summed E-state index contributed by atoms with van der Waals surface area (Å²) in [7, 11) is 0. The molecule has 4 nitrogen and oxygen atoms in total. The lowest BCUT2D eigenvalue weighted by Crippen LogP contribution is -2.60. The fourth-order valence-electron chi connectivity index (χ4n) is 5.09. The first kappa shape index (κ1) is 18.7. The van der Waals surface area contributed by atoms with E-state index in [1.54, 1.807) is 0 Å². The van der Waals surface area contributed by atoms with Gasteiger partial charge in [-0.15, -0.1) is 0 Å². The van der Waals surface area contributed by atoms with Crippen LogP contribution in [0.4, 0.5) is 0 Å². The second kappa shape index (κ2) is 7.86. The average molecular weight is 388 g/mol. The first-order valence-electron chi connectivity index (χ1n) is 10.8. The monoisotopic (exact) mass is 387 g/mol. The Morgan fingerprint density at radius 1 is 0.897 bits per heavy atom. The van der Waals surface area contributed by atoms with Crippen LogP contribution in [0.25, 0.3) is 10.9 Å². The van der Waals surface area contributed by atoms with Gasteiger partial charge in [0.15, 0.2) is 0 Å². The van der Waals surface area contributed by atoms with E-state index in [-0.39, 0.29) is 6.04 Å². The van der Waals surface area contributed by atoms with Crippen LogP contribution in [0.3, 0.4) is 0 Å². The summed E-state index contributed by atoms with van der Waals surface area (Å²) in [6.07, 6.45) is 3.22. The van der Waals surface area contributed by atoms with Crippen LogP contribution in [0.2, 0.25) is 0 Å². The molecule has 2 aromatic carbocycles. The third kappa shape index (κ3) is 3.68. The number of pyridine rings is 1. The molecule has 0 amide bonds. The Morgan fingerprint density at radius 3 is 2.48 bits per heavy atom. The van der Waals surface area contributed by atoms with Crippen molar-refractivity contribution >= 4 is 10.9 Å². The van der Waals surface area contributed by atoms with Gasteiger partial charge < -0.3 is 5.11 Å². The van der Waals surface area contributed by atoms with Crippen molar-refractivity contribution in [2.75, 3.05) is 26.2 Å². The van der Waals surface area contributed by atoms with Crippen molar-refractivity contribution in [3.63, 3.8) is 0 Å². The Morgan fingerprint density at radius 2 is 1.66 bits per heavy atom. The van der Waals surface area contributed by atoms with Crippen molar-refractivity contribution in [3.8, 4) is 0 Å². The molecule has 4 heteroatoms. The highest BCUT2D eigenvalue weighted by Crippen LogP contribution is 2.37. The third-order valence-electron chi connectivity index (χ3n) is 6.69. The predicted octanol–water partition coefficient (Wildman–Crippen LogP) is 3.79. The Hall–Kier alpha value is -2.27. The number of hydrogen-bond donors (Lipinski definition) is 1. The minimum absolute atomic E-state index is 0.126. The van der Waals surface area contributed by atoms with Crippen molar-refractivity contribution in [3.05, 3.63) is 78.0 Å². The topological polar surface area (TPSA) is 39.6 Å². The van der Waals surface area contributed by atoms with E-state index in [0.717, 1.165) is 55.9 Å². The van der Waals surface area contributed by atoms with Gasteiger partial charge in [-0.05, 0) is 50.0 Å². The number of hydrogen-bond acceptors (Lipinski definition) is 4. The second-order valence-electron chi connectivity index (χ2n) is 8.53. The van der Waals surface area contributed by atoms with Crippen LogP contribution >= 0.6 is 0 Å². The van der Waals surface area contributed by atoms with Crippen LogP contribution in [0.5, 0.6) is 0 Å². The maximum absolute atomic E-state index is 11.8. The van der Waals surface area contributed by atoms with Gasteiger partial charge in [-0.25, -0.2) is 0 Å². The highest BCUT2D eigenvalue weighted by molar-refractivity contribution is 5.78. The zero-order chi connectivity index (χ0) is 19.7. The molecule has 5 rings (SSSR count). The summed E-state index contributed by atoms with van der Waals surface area (Å²) in [6.45, 7) is 4.76. The highest BCUT2D eigenvalue weighted by Gasteiger charge is 2.46. The van der Waals surface area contributed by atoms with E-state index >= 15 is 0 Å². The number of para-hydroxylation sites is 1. The maximum atomic E-state index is 11.8. The normalized spacial score (nSPS) is 26.2. The Kier molecular flexibility index (Phi) is 5.08. The zero-order valence-corrected chi connectivity index (χ0v) is 16.9. The van der Waals surface area contributed by atoms with Gasteiger partial charge in [0.1, 0.15) is 5.60 Å². The van der Waals surface area contributed by atoms with Gasteiger partial charge in [0, 0.05) is 25.0 Å². The third-order valence-corrected chi connectivity index (χ3v) is 6.69. The molecule has 3 heterocycles. The molecule has 2 aliphatic heterocycles. The van der Waals surface area contributed by atoms with E-state index in [2.05, 4.69) is 52.3 Å². The summed E-state index contributed by atoms with van der Waals surface area (Å²) in [5.74, 6) is 0. The van der Waals surface area contributed by atoms with Crippen molar-refractivity contribution in [1.29, 1.82) is 0 Å². The van der Waals surface area contributed by atoms with E-state index < -0.39 is 5.60 Å². The van der Waals surface area contributed by atoms with Gasteiger partial charge >= 0.3 is 0 Å². The number of benzene rings is 2. The molecular formula is C25H29N3O. The Bertz CT molecular complexity index is 970. The predicted molar refractivity (Wildman–Crippen MR) is 117 cm³/mol. The van der Waals surface area contributed by atoms with Crippen LogP contribution in [0.15, 0.2) is 66.7 Å². The van der Waals surface area contributed by atoms with Gasteiger partial charge in [0.05, 0.1) is 17.3 Å². The lowest BCUT2D eigenvalue weighted by Gasteiger charge is -2.48. The molecule has 2 aliphatic rings. The minimum atomic E-state index is -0.779. The Labute approximate surface area is 172 Å². The van der Waals surface area contributed by atoms with Gasteiger partial charge in [-0.1, -0.05) is 54.6 Å². The molecule has 1 aromatic heterocycles. The molecule has 0 spiro atoms. The van der Waals surface area contributed by atoms with Crippen LogP contribution in [-0.4, -0.2) is 52.1 Å². The van der Waals surface area contributed by atoms with Gasteiger partial charge in [-0.2, -0.15) is 0 Å². The Balaban J connectivity index is 1.39. The van der Waals surface area contributed by atoms with Crippen LogP contribution in [0.1, 0.15) is 30.5 Å². The lowest BCUT2D eigenvalue weighted by atomic mass is 9.79. The first-order chi connectivity index (χ1) is 14.2. The van der Waals surface area contributed by atoms with Crippen molar-refractivity contribution in [2.24, 2.45) is 0 Å². The number of aromatic nitrogens is 1. The summed E-state index contributed by atoms with van der Waals surface area (Å²) in [4.78, 5) is 9.85. The standard InChI is InChI=1S/C25H29N3O/c29-25(21-9-2-1-3-10-21)14-17-27(19-24(25)28-15-6-7-16-28)18-22-13-12-20-8-4-5-11-23(20)26-22/h1-5,8-13,24,29H,6-7,14-19H2/t24-,25+/m1/s1. The molecule has 1 N–H and O–H groups in total. The summed E-state index contributed by atoms with van der Waals surface area (Å²) >= 11 is 0. The number of aliphatic hydroxyl groups is 1. The summed E-state index contributed by atoms with van der Waals surface area (Å²) in [5, 5.41) is 13.0.